The lowest BCUT2D eigenvalue weighted by atomic mass is 9.90. The fraction of sp³-hybridized carbons (Fsp3) is 0.545. The zero-order valence-electron chi connectivity index (χ0n) is 17.1. The number of aryl methyl sites for hydroxylation is 1. The lowest BCUT2D eigenvalue weighted by Gasteiger charge is -2.18. The summed E-state index contributed by atoms with van der Waals surface area (Å²) < 4.78 is 0. The third-order valence-electron chi connectivity index (χ3n) is 5.28. The molecule has 7 heteroatoms. The Hall–Kier alpha value is -2.28. The number of nitrogens with one attached hydrogen (secondary N) is 2. The van der Waals surface area contributed by atoms with E-state index in [4.69, 9.17) is 0 Å². The van der Waals surface area contributed by atoms with Crippen LogP contribution in [0.15, 0.2) is 24.3 Å². The van der Waals surface area contributed by atoms with Gasteiger partial charge in [-0.3, -0.25) is 9.59 Å². The first kappa shape index (κ1) is 21.4. The van der Waals surface area contributed by atoms with Gasteiger partial charge in [0.2, 0.25) is 16.9 Å². The number of aromatic nitrogens is 2. The van der Waals surface area contributed by atoms with Crippen molar-refractivity contribution < 1.29 is 9.59 Å². The molecule has 0 radical (unpaired) electrons. The Kier molecular flexibility index (Phi) is 8.16. The van der Waals surface area contributed by atoms with Crippen molar-refractivity contribution in [2.75, 3.05) is 10.6 Å². The number of hydrogen-bond donors (Lipinski definition) is 2. The first-order valence-electron chi connectivity index (χ1n) is 10.7. The Balaban J connectivity index is 1.39. The third-order valence-corrected chi connectivity index (χ3v) is 6.28. The summed E-state index contributed by atoms with van der Waals surface area (Å²) in [7, 11) is 0. The second-order valence-electron chi connectivity index (χ2n) is 7.68. The second kappa shape index (κ2) is 11.0. The van der Waals surface area contributed by atoms with Crippen molar-refractivity contribution in [3.05, 3.63) is 34.8 Å². The first-order valence-corrected chi connectivity index (χ1v) is 11.5. The highest BCUT2D eigenvalue weighted by Crippen LogP contribution is 2.35. The molecule has 2 N–H and O–H groups in total. The Labute approximate surface area is 176 Å². The van der Waals surface area contributed by atoms with Crippen molar-refractivity contribution in [3.8, 4) is 0 Å². The Bertz CT molecular complexity index is 797. The van der Waals surface area contributed by atoms with Gasteiger partial charge in [0.25, 0.3) is 0 Å². The fourth-order valence-electron chi connectivity index (χ4n) is 3.57. The summed E-state index contributed by atoms with van der Waals surface area (Å²) in [6, 6.07) is 7.91. The highest BCUT2D eigenvalue weighted by Gasteiger charge is 2.20. The molecule has 0 atom stereocenters. The van der Waals surface area contributed by atoms with Gasteiger partial charge < -0.3 is 10.6 Å². The molecule has 29 heavy (non-hydrogen) atoms. The zero-order chi connectivity index (χ0) is 20.5. The molecule has 0 aliphatic heterocycles. The Morgan fingerprint density at radius 1 is 1.00 bits per heavy atom. The van der Waals surface area contributed by atoms with Gasteiger partial charge in [0, 0.05) is 24.4 Å². The van der Waals surface area contributed by atoms with Crippen LogP contribution in [0.5, 0.6) is 0 Å². The van der Waals surface area contributed by atoms with Gasteiger partial charge in [-0.1, -0.05) is 56.1 Å². The normalized spacial score (nSPS) is 14.5. The fourth-order valence-corrected chi connectivity index (χ4v) is 4.50. The van der Waals surface area contributed by atoms with Crippen molar-refractivity contribution in [1.29, 1.82) is 0 Å². The van der Waals surface area contributed by atoms with E-state index in [9.17, 15) is 9.59 Å². The predicted octanol–water partition coefficient (Wildman–Crippen LogP) is 5.29. The maximum absolute atomic E-state index is 12.1. The maximum Gasteiger partial charge on any atom is 0.226 e. The van der Waals surface area contributed by atoms with E-state index in [-0.39, 0.29) is 24.7 Å². The van der Waals surface area contributed by atoms with E-state index < -0.39 is 0 Å². The highest BCUT2D eigenvalue weighted by atomic mass is 32.1. The van der Waals surface area contributed by atoms with Gasteiger partial charge in [-0.2, -0.15) is 0 Å². The first-order chi connectivity index (χ1) is 14.1. The average molecular weight is 415 g/mol. The van der Waals surface area contributed by atoms with E-state index in [0.29, 0.717) is 11.0 Å². The quantitative estimate of drug-likeness (QED) is 0.584. The zero-order valence-corrected chi connectivity index (χ0v) is 17.9. The minimum atomic E-state index is -0.207. The third kappa shape index (κ3) is 6.92. The lowest BCUT2D eigenvalue weighted by Crippen LogP contribution is -2.17. The molecular weight excluding hydrogens is 384 g/mol. The van der Waals surface area contributed by atoms with E-state index in [1.807, 2.05) is 24.3 Å². The van der Waals surface area contributed by atoms with Crippen LogP contribution in [0.25, 0.3) is 0 Å². The van der Waals surface area contributed by atoms with E-state index in [1.165, 1.54) is 42.6 Å². The second-order valence-corrected chi connectivity index (χ2v) is 8.69. The molecule has 2 aromatic rings. The monoisotopic (exact) mass is 414 g/mol. The number of unbranched alkanes of at least 4 members (excludes halogenated alkanes) is 1. The Morgan fingerprint density at radius 2 is 1.69 bits per heavy atom. The average Bonchev–Trinajstić information content (AvgIpc) is 3.21. The minimum absolute atomic E-state index is 0.124. The highest BCUT2D eigenvalue weighted by molar-refractivity contribution is 7.15. The molecule has 0 saturated heterocycles. The molecule has 1 aromatic carbocycles. The Morgan fingerprint density at radius 3 is 2.38 bits per heavy atom. The van der Waals surface area contributed by atoms with Crippen molar-refractivity contribution in [3.63, 3.8) is 0 Å². The summed E-state index contributed by atoms with van der Waals surface area (Å²) in [5.74, 6) is 0.106. The molecule has 1 saturated carbocycles. The van der Waals surface area contributed by atoms with Gasteiger partial charge in [-0.25, -0.2) is 0 Å². The van der Waals surface area contributed by atoms with Crippen LogP contribution in [0.2, 0.25) is 0 Å². The standard InChI is InChI=1S/C22H30N4O2S/c1-2-3-7-16-10-12-18(13-11-16)23-19(27)14-15-20(28)24-22-26-25-21(29-22)17-8-5-4-6-9-17/h10-13,17H,2-9,14-15H2,1H3,(H,23,27)(H,24,26,28). The van der Waals surface area contributed by atoms with Crippen molar-refractivity contribution in [2.45, 2.75) is 77.0 Å². The predicted molar refractivity (Wildman–Crippen MR) is 117 cm³/mol. The lowest BCUT2D eigenvalue weighted by molar-refractivity contribution is -0.121. The van der Waals surface area contributed by atoms with Crippen molar-refractivity contribution in [1.82, 2.24) is 10.2 Å². The minimum Gasteiger partial charge on any atom is -0.326 e. The number of carbonyl (C=O) groups excluding carboxylic acids is 2. The number of carbonyl (C=O) groups is 2. The van der Waals surface area contributed by atoms with E-state index in [2.05, 4.69) is 27.8 Å². The van der Waals surface area contributed by atoms with Gasteiger partial charge in [-0.15, -0.1) is 10.2 Å². The molecular formula is C22H30N4O2S. The molecule has 0 spiro atoms. The summed E-state index contributed by atoms with van der Waals surface area (Å²) in [5.41, 5.74) is 2.03. The van der Waals surface area contributed by atoms with Crippen molar-refractivity contribution >= 4 is 34.0 Å². The van der Waals surface area contributed by atoms with Gasteiger partial charge in [0.05, 0.1) is 0 Å². The molecule has 1 heterocycles. The molecule has 0 unspecified atom stereocenters. The number of amides is 2. The summed E-state index contributed by atoms with van der Waals surface area (Å²) in [6.45, 7) is 2.17. The number of nitrogens with zero attached hydrogens (tertiary/aromatic N) is 2. The smallest absolute Gasteiger partial charge is 0.226 e. The maximum atomic E-state index is 12.1. The molecule has 2 amide bonds. The van der Waals surface area contributed by atoms with Gasteiger partial charge in [-0.05, 0) is 43.4 Å². The summed E-state index contributed by atoms with van der Waals surface area (Å²) in [6.07, 6.45) is 9.73. The largest absolute Gasteiger partial charge is 0.326 e. The van der Waals surface area contributed by atoms with Crippen LogP contribution in [-0.4, -0.2) is 22.0 Å². The van der Waals surface area contributed by atoms with Crippen LogP contribution >= 0.6 is 11.3 Å². The molecule has 3 rings (SSSR count). The van der Waals surface area contributed by atoms with Crippen molar-refractivity contribution in [2.24, 2.45) is 0 Å². The topological polar surface area (TPSA) is 84.0 Å². The summed E-state index contributed by atoms with van der Waals surface area (Å²) in [4.78, 5) is 24.3. The van der Waals surface area contributed by atoms with Gasteiger partial charge in [0.15, 0.2) is 0 Å². The SMILES string of the molecule is CCCCc1ccc(NC(=O)CCC(=O)Nc2nnc(C3CCCCC3)s2)cc1. The summed E-state index contributed by atoms with van der Waals surface area (Å²) in [5, 5.41) is 15.5. The molecule has 0 bridgehead atoms. The van der Waals surface area contributed by atoms with E-state index in [1.54, 1.807) is 0 Å². The molecule has 156 valence electrons. The van der Waals surface area contributed by atoms with Crippen LogP contribution in [0.1, 0.15) is 81.2 Å². The van der Waals surface area contributed by atoms with Crippen LogP contribution in [0, 0.1) is 0 Å². The van der Waals surface area contributed by atoms with Crippen LogP contribution in [0.3, 0.4) is 0 Å². The molecule has 1 fully saturated rings. The van der Waals surface area contributed by atoms with Gasteiger partial charge in [0.1, 0.15) is 5.01 Å². The summed E-state index contributed by atoms with van der Waals surface area (Å²) >= 11 is 1.46. The molecule has 1 aliphatic carbocycles. The van der Waals surface area contributed by atoms with Crippen LogP contribution in [-0.2, 0) is 16.0 Å². The van der Waals surface area contributed by atoms with Crippen LogP contribution < -0.4 is 10.6 Å². The molecule has 1 aliphatic rings. The molecule has 6 nitrogen and oxygen atoms in total. The van der Waals surface area contributed by atoms with E-state index in [0.717, 1.165) is 36.4 Å². The molecule has 1 aromatic heterocycles. The number of benzene rings is 1. The number of anilines is 2. The number of rotatable bonds is 9. The van der Waals surface area contributed by atoms with Gasteiger partial charge >= 0.3 is 0 Å². The van der Waals surface area contributed by atoms with E-state index >= 15 is 0 Å². The number of hydrogen-bond acceptors (Lipinski definition) is 5. The van der Waals surface area contributed by atoms with Crippen LogP contribution in [0.4, 0.5) is 10.8 Å².